The number of rotatable bonds is 1. The second kappa shape index (κ2) is 7.49. The van der Waals surface area contributed by atoms with Crippen molar-refractivity contribution in [1.82, 2.24) is 4.57 Å². The van der Waals surface area contributed by atoms with Gasteiger partial charge in [-0.25, -0.2) is 0 Å². The van der Waals surface area contributed by atoms with Gasteiger partial charge in [0, 0.05) is 21.9 Å². The van der Waals surface area contributed by atoms with Crippen molar-refractivity contribution in [3.8, 4) is 16.8 Å². The van der Waals surface area contributed by atoms with Gasteiger partial charge in [-0.15, -0.1) is 0 Å². The minimum atomic E-state index is -0.0315. The van der Waals surface area contributed by atoms with Crippen LogP contribution in [0.4, 0.5) is 0 Å². The maximum absolute atomic E-state index is 2.57. The highest BCUT2D eigenvalue weighted by Crippen LogP contribution is 2.62. The first-order valence-corrected chi connectivity index (χ1v) is 15.0. The summed E-state index contributed by atoms with van der Waals surface area (Å²) in [5, 5.41) is 2.73. The Morgan fingerprint density at radius 2 is 1.05 bits per heavy atom. The Hall–Kier alpha value is -3.32. The summed E-state index contributed by atoms with van der Waals surface area (Å²) in [5.41, 5.74) is 16.9. The molecule has 0 atom stereocenters. The molecule has 0 spiro atoms. The number of nitrogens with zero attached hydrogens (tertiary/aromatic N) is 1. The average molecular weight is 526 g/mol. The van der Waals surface area contributed by atoms with Crippen molar-refractivity contribution in [2.24, 2.45) is 5.41 Å². The molecule has 0 N–H and O–H groups in total. The van der Waals surface area contributed by atoms with Crippen molar-refractivity contribution in [1.29, 1.82) is 0 Å². The second-order valence-electron chi connectivity index (χ2n) is 14.9. The van der Waals surface area contributed by atoms with E-state index >= 15 is 0 Å². The Labute approximate surface area is 240 Å². The maximum Gasteiger partial charge on any atom is 0.0544 e. The highest BCUT2D eigenvalue weighted by molar-refractivity contribution is 6.12. The average Bonchev–Trinajstić information content (AvgIpc) is 3.36. The third-order valence-corrected chi connectivity index (χ3v) is 12.2. The molecule has 0 saturated heterocycles. The predicted octanol–water partition coefficient (Wildman–Crippen LogP) is 10.6. The van der Waals surface area contributed by atoms with E-state index in [0.29, 0.717) is 0 Å². The van der Waals surface area contributed by atoms with Crippen LogP contribution in [-0.4, -0.2) is 4.57 Å². The van der Waals surface area contributed by atoms with Gasteiger partial charge in [-0.1, -0.05) is 79.7 Å². The molecule has 5 aromatic rings. The highest BCUT2D eigenvalue weighted by atomic mass is 15.0. The number of hydrogen-bond acceptors (Lipinski definition) is 0. The summed E-state index contributed by atoms with van der Waals surface area (Å²) in [6.07, 6.45) is 0. The lowest BCUT2D eigenvalue weighted by atomic mass is 9.59. The molecule has 0 amide bonds. The van der Waals surface area contributed by atoms with Crippen LogP contribution < -0.4 is 0 Å². The molecule has 0 radical (unpaired) electrons. The molecule has 1 aromatic heterocycles. The molecular weight excluding hydrogens is 482 g/mol. The first-order valence-electron chi connectivity index (χ1n) is 15.0. The SMILES string of the molecule is Cc1cc(-n2c3cc4c(cc3c3cc5c(cc32)C(C)(C)C(C)(C)C5(C)C)-c2ccccc2C4(C)C)cc(C)c1C. The van der Waals surface area contributed by atoms with Gasteiger partial charge < -0.3 is 4.57 Å². The van der Waals surface area contributed by atoms with Gasteiger partial charge in [-0.3, -0.25) is 0 Å². The lowest BCUT2D eigenvalue weighted by molar-refractivity contribution is 0.125. The molecule has 2 aliphatic carbocycles. The van der Waals surface area contributed by atoms with Crippen LogP contribution in [0.3, 0.4) is 0 Å². The van der Waals surface area contributed by atoms with Crippen LogP contribution in [0.2, 0.25) is 0 Å². The third kappa shape index (κ3) is 2.84. The maximum atomic E-state index is 2.57. The third-order valence-electron chi connectivity index (χ3n) is 12.2. The van der Waals surface area contributed by atoms with Crippen LogP contribution >= 0.6 is 0 Å². The van der Waals surface area contributed by atoms with Crippen LogP contribution in [-0.2, 0) is 16.2 Å². The molecule has 0 aliphatic heterocycles. The Morgan fingerprint density at radius 1 is 0.525 bits per heavy atom. The molecule has 7 rings (SSSR count). The Balaban J connectivity index is 1.67. The number of aryl methyl sites for hydroxylation is 2. The summed E-state index contributed by atoms with van der Waals surface area (Å²) in [6, 6.07) is 23.9. The van der Waals surface area contributed by atoms with Gasteiger partial charge in [0.15, 0.2) is 0 Å². The molecule has 1 heteroatoms. The predicted molar refractivity (Wildman–Crippen MR) is 172 cm³/mol. The molecule has 0 bridgehead atoms. The summed E-state index contributed by atoms with van der Waals surface area (Å²) in [5.74, 6) is 0. The fraction of sp³-hybridized carbons (Fsp3) is 0.385. The topological polar surface area (TPSA) is 4.93 Å². The number of aromatic nitrogens is 1. The highest BCUT2D eigenvalue weighted by Gasteiger charge is 2.57. The van der Waals surface area contributed by atoms with E-state index in [1.54, 1.807) is 0 Å². The minimum Gasteiger partial charge on any atom is -0.309 e. The molecule has 0 unspecified atom stereocenters. The second-order valence-corrected chi connectivity index (χ2v) is 14.9. The van der Waals surface area contributed by atoms with E-state index in [1.807, 2.05) is 0 Å². The molecule has 1 nitrogen and oxygen atoms in total. The van der Waals surface area contributed by atoms with Crippen LogP contribution in [0.1, 0.15) is 94.3 Å². The largest absolute Gasteiger partial charge is 0.309 e. The zero-order valence-corrected chi connectivity index (χ0v) is 26.2. The molecule has 204 valence electrons. The van der Waals surface area contributed by atoms with E-state index in [-0.39, 0.29) is 21.7 Å². The number of benzene rings is 4. The minimum absolute atomic E-state index is 0.0315. The van der Waals surface area contributed by atoms with Gasteiger partial charge in [0.1, 0.15) is 0 Å². The van der Waals surface area contributed by atoms with Crippen molar-refractivity contribution in [2.75, 3.05) is 0 Å². The molecule has 2 aliphatic rings. The molecule has 1 heterocycles. The van der Waals surface area contributed by atoms with E-state index < -0.39 is 0 Å². The Morgan fingerprint density at radius 3 is 1.68 bits per heavy atom. The van der Waals surface area contributed by atoms with Gasteiger partial charge in [-0.05, 0) is 123 Å². The summed E-state index contributed by atoms with van der Waals surface area (Å²) in [7, 11) is 0. The molecule has 4 aromatic carbocycles. The normalized spacial score (nSPS) is 19.2. The first kappa shape index (κ1) is 25.6. The summed E-state index contributed by atoms with van der Waals surface area (Å²) < 4.78 is 2.57. The lowest BCUT2D eigenvalue weighted by Gasteiger charge is -2.44. The van der Waals surface area contributed by atoms with Gasteiger partial charge in [0.25, 0.3) is 0 Å². The van der Waals surface area contributed by atoms with Gasteiger partial charge in [0.05, 0.1) is 11.0 Å². The fourth-order valence-electron chi connectivity index (χ4n) is 8.16. The standard InChI is InChI=1S/C39H43N/c1-22-16-25(17-23(2)24(22)3)40-34-20-31-27(26-14-12-13-15-30(26)36(31,4)5)18-28(34)29-19-32-33(21-35(29)40)38(8,9)39(10,11)37(32,6)7/h12-21H,1-11H3. The quantitative estimate of drug-likeness (QED) is 0.205. The van der Waals surface area contributed by atoms with Gasteiger partial charge in [0.2, 0.25) is 0 Å². The summed E-state index contributed by atoms with van der Waals surface area (Å²) in [4.78, 5) is 0. The van der Waals surface area contributed by atoms with Gasteiger partial charge in [-0.2, -0.15) is 0 Å². The van der Waals surface area contributed by atoms with Crippen LogP contribution in [0.25, 0.3) is 38.6 Å². The van der Waals surface area contributed by atoms with E-state index in [2.05, 4.69) is 141 Å². The monoisotopic (exact) mass is 525 g/mol. The van der Waals surface area contributed by atoms with E-state index in [1.165, 1.54) is 77.6 Å². The smallest absolute Gasteiger partial charge is 0.0544 e. The van der Waals surface area contributed by atoms with Gasteiger partial charge >= 0.3 is 0 Å². The lowest BCUT2D eigenvalue weighted by Crippen LogP contribution is -2.42. The van der Waals surface area contributed by atoms with Crippen molar-refractivity contribution >= 4 is 21.8 Å². The van der Waals surface area contributed by atoms with E-state index in [0.717, 1.165) is 0 Å². The van der Waals surface area contributed by atoms with Crippen molar-refractivity contribution in [3.63, 3.8) is 0 Å². The Kier molecular flexibility index (Phi) is 4.80. The zero-order chi connectivity index (χ0) is 28.7. The summed E-state index contributed by atoms with van der Waals surface area (Å²) >= 11 is 0. The molecular formula is C39H43N. The van der Waals surface area contributed by atoms with Crippen LogP contribution in [0, 0.1) is 26.2 Å². The number of fused-ring (bicyclic) bond motifs is 7. The van der Waals surface area contributed by atoms with Crippen LogP contribution in [0.5, 0.6) is 0 Å². The van der Waals surface area contributed by atoms with Crippen LogP contribution in [0.15, 0.2) is 60.7 Å². The Bertz CT molecular complexity index is 1900. The van der Waals surface area contributed by atoms with Crippen molar-refractivity contribution in [2.45, 2.75) is 92.4 Å². The van der Waals surface area contributed by atoms with Crippen molar-refractivity contribution < 1.29 is 0 Å². The number of hydrogen-bond donors (Lipinski definition) is 0. The zero-order valence-electron chi connectivity index (χ0n) is 26.2. The molecule has 0 saturated carbocycles. The summed E-state index contributed by atoms with van der Waals surface area (Å²) in [6.45, 7) is 26.3. The fourth-order valence-corrected chi connectivity index (χ4v) is 8.16. The molecule has 0 fully saturated rings. The van der Waals surface area contributed by atoms with E-state index in [9.17, 15) is 0 Å². The van der Waals surface area contributed by atoms with Crippen molar-refractivity contribution in [3.05, 3.63) is 99.6 Å². The molecule has 40 heavy (non-hydrogen) atoms. The first-order chi connectivity index (χ1) is 18.6. The van der Waals surface area contributed by atoms with E-state index in [4.69, 9.17) is 0 Å².